The minimum Gasteiger partial charge on any atom is -0.365 e. The number of rotatable bonds is 3. The molecule has 3 amide bonds. The lowest BCUT2D eigenvalue weighted by Crippen LogP contribution is -2.22. The van der Waals surface area contributed by atoms with Crippen molar-refractivity contribution in [1.82, 2.24) is 4.98 Å². The van der Waals surface area contributed by atoms with Crippen molar-refractivity contribution < 1.29 is 9.59 Å². The van der Waals surface area contributed by atoms with Crippen molar-refractivity contribution in [3.63, 3.8) is 0 Å². The van der Waals surface area contributed by atoms with Crippen molar-refractivity contribution in [2.45, 2.75) is 13.8 Å². The third-order valence-electron chi connectivity index (χ3n) is 2.66. The Bertz CT molecular complexity index is 657. The number of anilines is 1. The quantitative estimate of drug-likeness (QED) is 0.687. The third kappa shape index (κ3) is 2.60. The van der Waals surface area contributed by atoms with Gasteiger partial charge in [0, 0.05) is 21.0 Å². The average Bonchev–Trinajstić information content (AvgIpc) is 2.81. The van der Waals surface area contributed by atoms with Crippen molar-refractivity contribution in [1.29, 1.82) is 0 Å². The Kier molecular flexibility index (Phi) is 3.30. The first-order valence-corrected chi connectivity index (χ1v) is 6.37. The lowest BCUT2D eigenvalue weighted by molar-refractivity contribution is 0.100. The van der Waals surface area contributed by atoms with Crippen molar-refractivity contribution in [2.75, 3.05) is 5.32 Å². The molecule has 6 N–H and O–H groups in total. The highest BCUT2D eigenvalue weighted by Gasteiger charge is 2.16. The number of amides is 3. The van der Waals surface area contributed by atoms with Gasteiger partial charge in [0.1, 0.15) is 5.82 Å². The zero-order chi connectivity index (χ0) is 14.2. The summed E-state index contributed by atoms with van der Waals surface area (Å²) in [5.74, 6) is -0.408. The summed E-state index contributed by atoms with van der Waals surface area (Å²) in [5, 5.41) is 2.36. The predicted octanol–water partition coefficient (Wildman–Crippen LogP) is 1.95. The van der Waals surface area contributed by atoms with Gasteiger partial charge in [-0.2, -0.15) is 0 Å². The number of primary amides is 2. The second kappa shape index (κ2) is 4.77. The summed E-state index contributed by atoms with van der Waals surface area (Å²) in [6, 6.07) is 2.86. The molecular weight excluding hydrogens is 264 g/mol. The maximum atomic E-state index is 11.4. The van der Waals surface area contributed by atoms with E-state index in [1.807, 2.05) is 19.9 Å². The number of urea groups is 1. The minimum atomic E-state index is -0.755. The number of nitrogens with one attached hydrogen (secondary N) is 2. The Labute approximate surface area is 113 Å². The second-order valence-electron chi connectivity index (χ2n) is 4.15. The van der Waals surface area contributed by atoms with Crippen LogP contribution in [0.1, 0.15) is 20.1 Å². The summed E-state index contributed by atoms with van der Waals surface area (Å²) in [5.41, 5.74) is 12.2. The molecule has 0 saturated heterocycles. The van der Waals surface area contributed by atoms with E-state index < -0.39 is 11.9 Å². The molecule has 2 aromatic heterocycles. The highest BCUT2D eigenvalue weighted by atomic mass is 32.1. The molecule has 0 aliphatic heterocycles. The number of aromatic nitrogens is 1. The molecule has 0 radical (unpaired) electrons. The summed E-state index contributed by atoms with van der Waals surface area (Å²) in [6.07, 6.45) is 0. The van der Waals surface area contributed by atoms with Crippen LogP contribution < -0.4 is 16.8 Å². The van der Waals surface area contributed by atoms with Crippen LogP contribution in [0.5, 0.6) is 0 Å². The van der Waals surface area contributed by atoms with Crippen LogP contribution in [0.3, 0.4) is 0 Å². The number of nitrogens with two attached hydrogens (primary N) is 2. The Balaban J connectivity index is 2.51. The predicted molar refractivity (Wildman–Crippen MR) is 75.3 cm³/mol. The van der Waals surface area contributed by atoms with E-state index in [2.05, 4.69) is 10.3 Å². The van der Waals surface area contributed by atoms with Gasteiger partial charge >= 0.3 is 6.03 Å². The number of thiophene rings is 1. The number of hydrogen-bond acceptors (Lipinski definition) is 3. The average molecular weight is 278 g/mol. The van der Waals surface area contributed by atoms with E-state index in [1.165, 1.54) is 0 Å². The van der Waals surface area contributed by atoms with Crippen molar-refractivity contribution in [2.24, 2.45) is 11.5 Å². The molecular formula is C12H14N4O2S. The zero-order valence-electron chi connectivity index (χ0n) is 10.5. The highest BCUT2D eigenvalue weighted by Crippen LogP contribution is 2.32. The van der Waals surface area contributed by atoms with E-state index in [1.54, 1.807) is 17.4 Å². The van der Waals surface area contributed by atoms with Gasteiger partial charge in [0.05, 0.1) is 5.56 Å². The molecule has 0 aliphatic carbocycles. The van der Waals surface area contributed by atoms with Gasteiger partial charge in [0.15, 0.2) is 0 Å². The number of aryl methyl sites for hydroxylation is 2. The van der Waals surface area contributed by atoms with Crippen molar-refractivity contribution >= 4 is 29.1 Å². The normalized spacial score (nSPS) is 10.4. The Morgan fingerprint density at radius 2 is 1.95 bits per heavy atom. The molecule has 0 spiro atoms. The number of hydrogen-bond donors (Lipinski definition) is 4. The largest absolute Gasteiger partial charge is 0.365 e. The molecule has 0 aromatic carbocycles. The standard InChI is InChI=1S/C12H14N4O2S/c1-5-3-7(6(2)19-5)9-4-8(10(13)17)11(15-9)16-12(14)18/h3-4,15H,1-2H3,(H2,13,17)(H3,14,16,18). The maximum absolute atomic E-state index is 11.4. The molecule has 19 heavy (non-hydrogen) atoms. The van der Waals surface area contributed by atoms with Gasteiger partial charge in [0.25, 0.3) is 5.91 Å². The molecule has 0 fully saturated rings. The zero-order valence-corrected chi connectivity index (χ0v) is 11.4. The topological polar surface area (TPSA) is 114 Å². The third-order valence-corrected chi connectivity index (χ3v) is 3.63. The summed E-state index contributed by atoms with van der Waals surface area (Å²) in [7, 11) is 0. The molecule has 100 valence electrons. The van der Waals surface area contributed by atoms with E-state index in [0.29, 0.717) is 0 Å². The molecule has 7 heteroatoms. The van der Waals surface area contributed by atoms with Crippen LogP contribution >= 0.6 is 11.3 Å². The van der Waals surface area contributed by atoms with Crippen LogP contribution in [0.2, 0.25) is 0 Å². The number of carbonyl (C=O) groups is 2. The molecule has 0 atom stereocenters. The SMILES string of the molecule is Cc1cc(-c2cc(C(N)=O)c(NC(N)=O)[nH]2)c(C)s1. The number of H-pyrrole nitrogens is 1. The minimum absolute atomic E-state index is 0.206. The van der Waals surface area contributed by atoms with Crippen LogP contribution in [-0.4, -0.2) is 16.9 Å². The molecule has 6 nitrogen and oxygen atoms in total. The van der Waals surface area contributed by atoms with E-state index in [0.717, 1.165) is 21.0 Å². The molecule has 0 bridgehead atoms. The van der Waals surface area contributed by atoms with Crippen LogP contribution in [-0.2, 0) is 0 Å². The number of carbonyl (C=O) groups excluding carboxylic acids is 2. The summed E-state index contributed by atoms with van der Waals surface area (Å²) >= 11 is 1.65. The van der Waals surface area contributed by atoms with E-state index in [4.69, 9.17) is 11.5 Å². The lowest BCUT2D eigenvalue weighted by Gasteiger charge is -2.00. The summed E-state index contributed by atoms with van der Waals surface area (Å²) in [6.45, 7) is 3.99. The van der Waals surface area contributed by atoms with Gasteiger partial charge in [-0.25, -0.2) is 4.79 Å². The van der Waals surface area contributed by atoms with Crippen LogP contribution in [0.15, 0.2) is 12.1 Å². The molecule has 0 unspecified atom stereocenters. The fourth-order valence-electron chi connectivity index (χ4n) is 1.91. The maximum Gasteiger partial charge on any atom is 0.317 e. The number of aromatic amines is 1. The fourth-order valence-corrected chi connectivity index (χ4v) is 2.85. The molecule has 2 heterocycles. The first-order chi connectivity index (χ1) is 8.88. The van der Waals surface area contributed by atoms with Gasteiger partial charge in [-0.05, 0) is 26.0 Å². The Morgan fingerprint density at radius 3 is 2.42 bits per heavy atom. The first kappa shape index (κ1) is 13.2. The fraction of sp³-hybridized carbons (Fsp3) is 0.167. The van der Waals surface area contributed by atoms with Gasteiger partial charge in [-0.1, -0.05) is 0 Å². The smallest absolute Gasteiger partial charge is 0.317 e. The van der Waals surface area contributed by atoms with Crippen LogP contribution in [0, 0.1) is 13.8 Å². The van der Waals surface area contributed by atoms with Gasteiger partial charge < -0.3 is 16.5 Å². The van der Waals surface area contributed by atoms with Crippen molar-refractivity contribution in [3.8, 4) is 11.3 Å². The van der Waals surface area contributed by atoms with Gasteiger partial charge in [0.2, 0.25) is 0 Å². The second-order valence-corrected chi connectivity index (χ2v) is 5.61. The lowest BCUT2D eigenvalue weighted by atomic mass is 10.1. The van der Waals surface area contributed by atoms with E-state index in [9.17, 15) is 9.59 Å². The van der Waals surface area contributed by atoms with Gasteiger partial charge in [-0.15, -0.1) is 11.3 Å². The monoisotopic (exact) mass is 278 g/mol. The molecule has 2 rings (SSSR count). The molecule has 0 saturated carbocycles. The van der Waals surface area contributed by atoms with E-state index in [-0.39, 0.29) is 11.4 Å². The van der Waals surface area contributed by atoms with Crippen molar-refractivity contribution in [3.05, 3.63) is 27.5 Å². The molecule has 2 aromatic rings. The Morgan fingerprint density at radius 1 is 1.26 bits per heavy atom. The van der Waals surface area contributed by atoms with E-state index >= 15 is 0 Å². The molecule has 0 aliphatic rings. The van der Waals surface area contributed by atoms with Crippen LogP contribution in [0.25, 0.3) is 11.3 Å². The highest BCUT2D eigenvalue weighted by molar-refractivity contribution is 7.12. The summed E-state index contributed by atoms with van der Waals surface area (Å²) < 4.78 is 0. The summed E-state index contributed by atoms with van der Waals surface area (Å²) in [4.78, 5) is 27.5. The van der Waals surface area contributed by atoms with Crippen LogP contribution in [0.4, 0.5) is 10.6 Å². The van der Waals surface area contributed by atoms with Gasteiger partial charge in [-0.3, -0.25) is 10.1 Å². The Hall–Kier alpha value is -2.28. The first-order valence-electron chi connectivity index (χ1n) is 5.55.